The Balaban J connectivity index is 1.63. The van der Waals surface area contributed by atoms with Crippen molar-refractivity contribution in [3.05, 3.63) is 85.5 Å². The van der Waals surface area contributed by atoms with Gasteiger partial charge in [0.1, 0.15) is 11.6 Å². The van der Waals surface area contributed by atoms with E-state index in [1.54, 1.807) is 22.0 Å². The van der Waals surface area contributed by atoms with Crippen LogP contribution in [0.4, 0.5) is 11.4 Å². The summed E-state index contributed by atoms with van der Waals surface area (Å²) in [6, 6.07) is 15.1. The molecule has 3 aliphatic heterocycles. The molecule has 0 aliphatic carbocycles. The molecular weight excluding hydrogens is 660 g/mol. The maximum atomic E-state index is 15.1. The number of alkyl halides is 1. The third-order valence-corrected chi connectivity index (χ3v) is 10.8. The zero-order chi connectivity index (χ0) is 33.9. The van der Waals surface area contributed by atoms with E-state index < -0.39 is 42.2 Å². The molecule has 3 fully saturated rings. The number of carbonyl (C=O) groups is 3. The van der Waals surface area contributed by atoms with E-state index in [4.69, 9.17) is 4.74 Å². The molecule has 0 aromatic heterocycles. The van der Waals surface area contributed by atoms with Crippen LogP contribution in [-0.4, -0.2) is 94.5 Å². The summed E-state index contributed by atoms with van der Waals surface area (Å²) in [5.41, 5.74) is 1.13. The number of hydrogen-bond donors (Lipinski definition) is 1. The van der Waals surface area contributed by atoms with Gasteiger partial charge in [-0.3, -0.25) is 14.4 Å². The smallest absolute Gasteiger partial charge is 0.253 e. The van der Waals surface area contributed by atoms with Gasteiger partial charge in [-0.15, -0.1) is 13.2 Å². The number of ether oxygens (including phenoxy) is 1. The summed E-state index contributed by atoms with van der Waals surface area (Å²) in [6.45, 7) is 16.3. The van der Waals surface area contributed by atoms with Gasteiger partial charge in [0.25, 0.3) is 5.91 Å². The van der Waals surface area contributed by atoms with Crippen LogP contribution < -0.4 is 9.80 Å². The van der Waals surface area contributed by atoms with E-state index >= 15 is 4.79 Å². The maximum absolute atomic E-state index is 15.1. The number of benzene rings is 2. The fourth-order valence-corrected chi connectivity index (χ4v) is 8.90. The molecule has 0 radical (unpaired) electrons. The van der Waals surface area contributed by atoms with Gasteiger partial charge in [-0.1, -0.05) is 65.3 Å². The first-order valence-corrected chi connectivity index (χ1v) is 17.6. The zero-order valence-corrected chi connectivity index (χ0v) is 29.2. The molecule has 252 valence electrons. The molecule has 2 bridgehead atoms. The lowest BCUT2D eigenvalue weighted by Gasteiger charge is -2.39. The first-order valence-electron chi connectivity index (χ1n) is 16.7. The SMILES string of the molecule is C=CCN(CCC)C(=O)[C@H]1[C@@H]2OC3(CC2Br)C(C(=O)N(CC=C)c2ccc(N(CC)CC)cc2)N([C@H](CO)c2ccccc2)C(=O)[C@H]13. The number of carbonyl (C=O) groups excluding carboxylic acids is 3. The van der Waals surface area contributed by atoms with Crippen molar-refractivity contribution < 1.29 is 24.2 Å². The lowest BCUT2D eigenvalue weighted by atomic mass is 9.70. The highest BCUT2D eigenvalue weighted by molar-refractivity contribution is 9.09. The monoisotopic (exact) mass is 706 g/mol. The summed E-state index contributed by atoms with van der Waals surface area (Å²) >= 11 is 3.78. The summed E-state index contributed by atoms with van der Waals surface area (Å²) in [7, 11) is 0. The number of nitrogens with zero attached hydrogens (tertiary/aromatic N) is 4. The van der Waals surface area contributed by atoms with Crippen LogP contribution >= 0.6 is 15.9 Å². The van der Waals surface area contributed by atoms with E-state index in [-0.39, 0.29) is 29.1 Å². The Morgan fingerprint density at radius 3 is 2.23 bits per heavy atom. The minimum absolute atomic E-state index is 0.177. The second kappa shape index (κ2) is 14.7. The highest BCUT2D eigenvalue weighted by Gasteiger charge is 2.77. The highest BCUT2D eigenvalue weighted by atomic mass is 79.9. The number of aliphatic hydroxyl groups is 1. The van der Waals surface area contributed by atoms with Gasteiger partial charge in [-0.2, -0.15) is 0 Å². The molecule has 1 spiro atoms. The Hall–Kier alpha value is -3.47. The van der Waals surface area contributed by atoms with Gasteiger partial charge in [-0.25, -0.2) is 0 Å². The van der Waals surface area contributed by atoms with E-state index in [1.807, 2.05) is 61.5 Å². The second-order valence-electron chi connectivity index (χ2n) is 12.5. The van der Waals surface area contributed by atoms with Crippen LogP contribution in [0.3, 0.4) is 0 Å². The molecule has 3 saturated heterocycles. The van der Waals surface area contributed by atoms with Gasteiger partial charge in [0.15, 0.2) is 0 Å². The van der Waals surface area contributed by atoms with Gasteiger partial charge in [0.05, 0.1) is 30.6 Å². The molecule has 9 nitrogen and oxygen atoms in total. The number of anilines is 2. The van der Waals surface area contributed by atoms with Crippen molar-refractivity contribution in [3.63, 3.8) is 0 Å². The molecule has 3 heterocycles. The van der Waals surface area contributed by atoms with E-state index in [0.29, 0.717) is 30.8 Å². The molecule has 3 amide bonds. The van der Waals surface area contributed by atoms with Crippen molar-refractivity contribution in [2.75, 3.05) is 49.1 Å². The molecule has 10 heteroatoms. The van der Waals surface area contributed by atoms with E-state index in [9.17, 15) is 14.7 Å². The van der Waals surface area contributed by atoms with Gasteiger partial charge in [0.2, 0.25) is 11.8 Å². The van der Waals surface area contributed by atoms with Gasteiger partial charge in [-0.05, 0) is 56.5 Å². The fourth-order valence-electron chi connectivity index (χ4n) is 7.95. The molecule has 3 aliphatic rings. The zero-order valence-electron chi connectivity index (χ0n) is 27.6. The third kappa shape index (κ3) is 6.04. The van der Waals surface area contributed by atoms with Crippen LogP contribution in [0.1, 0.15) is 45.2 Å². The topological polar surface area (TPSA) is 93.6 Å². The van der Waals surface area contributed by atoms with Crippen molar-refractivity contribution >= 4 is 45.0 Å². The molecular formula is C37H47BrN4O5. The normalized spacial score (nSPS) is 26.5. The lowest BCUT2D eigenvalue weighted by Crippen LogP contribution is -2.58. The van der Waals surface area contributed by atoms with Gasteiger partial charge in [0, 0.05) is 48.9 Å². The van der Waals surface area contributed by atoms with Crippen molar-refractivity contribution in [2.24, 2.45) is 11.8 Å². The average Bonchev–Trinajstić information content (AvgIpc) is 3.68. The first kappa shape index (κ1) is 34.9. The van der Waals surface area contributed by atoms with Gasteiger partial charge < -0.3 is 29.4 Å². The molecule has 7 atom stereocenters. The summed E-state index contributed by atoms with van der Waals surface area (Å²) < 4.78 is 6.80. The Kier molecular flexibility index (Phi) is 10.9. The Morgan fingerprint density at radius 1 is 1.02 bits per heavy atom. The largest absolute Gasteiger partial charge is 0.394 e. The number of rotatable bonds is 15. The molecule has 0 saturated carbocycles. The highest BCUT2D eigenvalue weighted by Crippen LogP contribution is 2.61. The van der Waals surface area contributed by atoms with Crippen LogP contribution in [-0.2, 0) is 19.1 Å². The van der Waals surface area contributed by atoms with Crippen LogP contribution in [0.25, 0.3) is 0 Å². The summed E-state index contributed by atoms with van der Waals surface area (Å²) in [5, 5.41) is 10.9. The Morgan fingerprint density at radius 2 is 1.66 bits per heavy atom. The number of likely N-dealkylation sites (tertiary alicyclic amines) is 1. The van der Waals surface area contributed by atoms with Crippen LogP contribution in [0.2, 0.25) is 0 Å². The molecule has 47 heavy (non-hydrogen) atoms. The Bertz CT molecular complexity index is 1450. The van der Waals surface area contributed by atoms with Crippen molar-refractivity contribution in [1.29, 1.82) is 0 Å². The number of fused-ring (bicyclic) bond motifs is 1. The fraction of sp³-hybridized carbons (Fsp3) is 0.486. The van der Waals surface area contributed by atoms with Crippen LogP contribution in [0, 0.1) is 11.8 Å². The van der Waals surface area contributed by atoms with Gasteiger partial charge >= 0.3 is 0 Å². The van der Waals surface area contributed by atoms with E-state index in [2.05, 4.69) is 47.8 Å². The van der Waals surface area contributed by atoms with E-state index in [0.717, 1.165) is 25.2 Å². The summed E-state index contributed by atoms with van der Waals surface area (Å²) in [4.78, 5) is 51.1. The van der Waals surface area contributed by atoms with E-state index in [1.165, 1.54) is 4.90 Å². The maximum Gasteiger partial charge on any atom is 0.253 e. The molecule has 3 unspecified atom stereocenters. The number of amides is 3. The second-order valence-corrected chi connectivity index (χ2v) is 13.7. The molecule has 2 aromatic rings. The minimum atomic E-state index is -1.28. The standard InChI is InChI=1S/C37H47BrN4O5/c1-6-20-40(21-7-2)34(44)30-31-35(45)42(29(24-43)25-14-12-11-13-15-25)33(37(31)23-28(38)32(30)47-37)36(46)41(22-8-3)27-18-16-26(17-19-27)39(9-4)10-5/h6,8,11-19,28-33,43H,1,3,7,9-10,20-24H2,2,4-5H3/t28?,29-,30-,31+,32-,33?,37?/m1/s1. The molecule has 5 rings (SSSR count). The summed E-state index contributed by atoms with van der Waals surface area (Å²) in [6.07, 6.45) is 3.89. The first-order chi connectivity index (χ1) is 22.7. The quantitative estimate of drug-likeness (QED) is 0.208. The summed E-state index contributed by atoms with van der Waals surface area (Å²) in [5.74, 6) is -2.54. The molecule has 2 aromatic carbocycles. The predicted octanol–water partition coefficient (Wildman–Crippen LogP) is 4.96. The third-order valence-electron chi connectivity index (χ3n) is 9.96. The minimum Gasteiger partial charge on any atom is -0.394 e. The number of aliphatic hydroxyl groups excluding tert-OH is 1. The predicted molar refractivity (Wildman–Crippen MR) is 188 cm³/mol. The van der Waals surface area contributed by atoms with Crippen molar-refractivity contribution in [3.8, 4) is 0 Å². The van der Waals surface area contributed by atoms with Crippen LogP contribution in [0.15, 0.2) is 79.9 Å². The van der Waals surface area contributed by atoms with Crippen molar-refractivity contribution in [2.45, 2.75) is 62.2 Å². The molecule has 1 N–H and O–H groups in total. The lowest BCUT2D eigenvalue weighted by molar-refractivity contribution is -0.147. The average molecular weight is 708 g/mol. The number of hydrogen-bond acceptors (Lipinski definition) is 6. The van der Waals surface area contributed by atoms with Crippen LogP contribution in [0.5, 0.6) is 0 Å². The number of halogens is 1. The Labute approximate surface area is 287 Å². The van der Waals surface area contributed by atoms with Crippen molar-refractivity contribution in [1.82, 2.24) is 9.80 Å².